The second-order valence-corrected chi connectivity index (χ2v) is 9.15. The fourth-order valence-electron chi connectivity index (χ4n) is 4.15. The molecule has 0 unspecified atom stereocenters. The average molecular weight is 477 g/mol. The van der Waals surface area contributed by atoms with Crippen molar-refractivity contribution in [3.05, 3.63) is 71.8 Å². The van der Waals surface area contributed by atoms with Gasteiger partial charge in [0.25, 0.3) is 5.91 Å². The third kappa shape index (κ3) is 4.83. The van der Waals surface area contributed by atoms with Crippen molar-refractivity contribution in [2.45, 2.75) is 18.3 Å². The molecule has 3 aromatic rings. The van der Waals surface area contributed by atoms with Crippen molar-refractivity contribution >= 4 is 17.6 Å². The molecule has 1 aliphatic carbocycles. The summed E-state index contributed by atoms with van der Waals surface area (Å²) < 4.78 is 10.9. The van der Waals surface area contributed by atoms with Crippen LogP contribution in [0.15, 0.2) is 60.7 Å². The summed E-state index contributed by atoms with van der Waals surface area (Å²) in [7, 11) is 3.93. The minimum Gasteiger partial charge on any atom is -0.454 e. The van der Waals surface area contributed by atoms with Gasteiger partial charge in [0, 0.05) is 27.1 Å². The lowest BCUT2D eigenvalue weighted by molar-refractivity contribution is -0.118. The van der Waals surface area contributed by atoms with Crippen molar-refractivity contribution < 1.29 is 21.9 Å². The molecule has 0 spiro atoms. The lowest BCUT2D eigenvalue weighted by Crippen LogP contribution is -2.31. The molecule has 2 aromatic carbocycles. The molecule has 0 radical (unpaired) electrons. The summed E-state index contributed by atoms with van der Waals surface area (Å²) in [5.41, 5.74) is 2.53. The van der Waals surface area contributed by atoms with E-state index in [4.69, 9.17) is 9.47 Å². The molecule has 8 nitrogen and oxygen atoms in total. The number of ether oxygens (including phenoxy) is 2. The standard InChI is InChI=1S/C27H28N4O4.2H2/c1-31(2)15-14-28-25(32)19-8-6-18(7-9-19)21-4-3-5-24(29-21)30-26(33)27(12-13-27)20-10-11-22-23(16-20)35-17-34-22;;/h3-11,16H,12-15,17H2,1-2H3,(H,28,32)(H,29,30,33);2*1H. The number of hydrogen-bond acceptors (Lipinski definition) is 6. The van der Waals surface area contributed by atoms with Crippen LogP contribution in [0.1, 0.15) is 31.6 Å². The number of likely N-dealkylation sites (N-methyl/N-ethyl adjacent to an activating group) is 1. The van der Waals surface area contributed by atoms with Crippen LogP contribution in [-0.4, -0.2) is 55.7 Å². The highest BCUT2D eigenvalue weighted by Crippen LogP contribution is 2.51. The van der Waals surface area contributed by atoms with Gasteiger partial charge in [0.15, 0.2) is 11.5 Å². The third-order valence-corrected chi connectivity index (χ3v) is 6.39. The molecule has 2 amide bonds. The summed E-state index contributed by atoms with van der Waals surface area (Å²) in [6.45, 7) is 1.57. The van der Waals surface area contributed by atoms with E-state index in [0.717, 1.165) is 36.2 Å². The van der Waals surface area contributed by atoms with Gasteiger partial charge in [-0.15, -0.1) is 0 Å². The fourth-order valence-corrected chi connectivity index (χ4v) is 4.15. The highest BCUT2D eigenvalue weighted by atomic mass is 16.7. The van der Waals surface area contributed by atoms with E-state index in [0.29, 0.717) is 29.4 Å². The van der Waals surface area contributed by atoms with Crippen LogP contribution in [0.3, 0.4) is 0 Å². The molecule has 8 heteroatoms. The molecule has 184 valence electrons. The summed E-state index contributed by atoms with van der Waals surface area (Å²) in [5.74, 6) is 1.69. The van der Waals surface area contributed by atoms with Crippen molar-refractivity contribution in [1.82, 2.24) is 15.2 Å². The minimum absolute atomic E-state index is 0. The second-order valence-electron chi connectivity index (χ2n) is 9.15. The van der Waals surface area contributed by atoms with Crippen molar-refractivity contribution in [2.24, 2.45) is 0 Å². The number of nitrogens with one attached hydrogen (secondary N) is 2. The maximum Gasteiger partial charge on any atom is 0.251 e. The Kier molecular flexibility index (Phi) is 6.13. The zero-order valence-electron chi connectivity index (χ0n) is 19.8. The van der Waals surface area contributed by atoms with Crippen molar-refractivity contribution in [3.8, 4) is 22.8 Å². The molecule has 0 bridgehead atoms. The Morgan fingerprint density at radius 3 is 2.54 bits per heavy atom. The molecular weight excluding hydrogens is 444 g/mol. The molecule has 1 fully saturated rings. The average Bonchev–Trinajstić information content (AvgIpc) is 3.55. The first-order chi connectivity index (χ1) is 16.9. The van der Waals surface area contributed by atoms with E-state index in [1.54, 1.807) is 18.2 Å². The number of carbonyl (C=O) groups excluding carboxylic acids is 2. The number of fused-ring (bicyclic) bond motifs is 1. The van der Waals surface area contributed by atoms with Gasteiger partial charge in [-0.3, -0.25) is 9.59 Å². The van der Waals surface area contributed by atoms with Gasteiger partial charge in [0.1, 0.15) is 5.82 Å². The molecule has 1 aliphatic heterocycles. The van der Waals surface area contributed by atoms with E-state index < -0.39 is 5.41 Å². The van der Waals surface area contributed by atoms with E-state index in [1.165, 1.54) is 0 Å². The second kappa shape index (κ2) is 9.38. The summed E-state index contributed by atoms with van der Waals surface area (Å²) in [6.07, 6.45) is 1.55. The number of pyridine rings is 1. The van der Waals surface area contributed by atoms with Gasteiger partial charge in [0.2, 0.25) is 12.7 Å². The van der Waals surface area contributed by atoms with Crippen molar-refractivity contribution in [2.75, 3.05) is 39.3 Å². The number of rotatable bonds is 8. The quantitative estimate of drug-likeness (QED) is 0.512. The van der Waals surface area contributed by atoms with Crippen molar-refractivity contribution in [1.29, 1.82) is 0 Å². The summed E-state index contributed by atoms with van der Waals surface area (Å²) >= 11 is 0. The van der Waals surface area contributed by atoms with Crippen LogP contribution in [-0.2, 0) is 10.2 Å². The maximum absolute atomic E-state index is 13.2. The predicted molar refractivity (Wildman–Crippen MR) is 137 cm³/mol. The smallest absolute Gasteiger partial charge is 0.251 e. The predicted octanol–water partition coefficient (Wildman–Crippen LogP) is 3.93. The zero-order chi connectivity index (χ0) is 24.4. The van der Waals surface area contributed by atoms with Crippen LogP contribution in [0, 0.1) is 0 Å². The summed E-state index contributed by atoms with van der Waals surface area (Å²) in [4.78, 5) is 32.2. The first-order valence-electron chi connectivity index (χ1n) is 11.7. The van der Waals surface area contributed by atoms with Crippen LogP contribution in [0.2, 0.25) is 0 Å². The molecule has 35 heavy (non-hydrogen) atoms. The van der Waals surface area contributed by atoms with E-state index >= 15 is 0 Å². The Labute approximate surface area is 207 Å². The molecule has 2 aliphatic rings. The zero-order valence-corrected chi connectivity index (χ0v) is 19.8. The molecule has 5 rings (SSSR count). The fraction of sp³-hybridized carbons (Fsp3) is 0.296. The Bertz CT molecular complexity index is 1260. The van der Waals surface area contributed by atoms with E-state index in [1.807, 2.05) is 61.5 Å². The van der Waals surface area contributed by atoms with Gasteiger partial charge in [-0.05, 0) is 68.9 Å². The molecule has 2 N–H and O–H groups in total. The first-order valence-corrected chi connectivity index (χ1v) is 11.7. The number of aromatic nitrogens is 1. The maximum atomic E-state index is 13.2. The Hall–Kier alpha value is -3.91. The van der Waals surface area contributed by atoms with E-state index in [2.05, 4.69) is 15.6 Å². The van der Waals surface area contributed by atoms with Crippen LogP contribution >= 0.6 is 0 Å². The lowest BCUT2D eigenvalue weighted by Gasteiger charge is -2.16. The van der Waals surface area contributed by atoms with Crippen LogP contribution in [0.4, 0.5) is 5.82 Å². The van der Waals surface area contributed by atoms with Gasteiger partial charge < -0.3 is 25.0 Å². The SMILES string of the molecule is CN(C)CCNC(=O)c1ccc(-c2cccc(NC(=O)C3(c4ccc5c(c4)OCO5)CC3)n2)cc1.[HH].[HH]. The number of hydrogen-bond donors (Lipinski definition) is 2. The highest BCUT2D eigenvalue weighted by Gasteiger charge is 2.51. The first kappa shape index (κ1) is 22.9. The number of nitrogens with zero attached hydrogens (tertiary/aromatic N) is 2. The molecule has 1 saturated carbocycles. The lowest BCUT2D eigenvalue weighted by atomic mass is 9.94. The molecule has 1 aromatic heterocycles. The van der Waals surface area contributed by atoms with Gasteiger partial charge in [-0.1, -0.05) is 24.3 Å². The van der Waals surface area contributed by atoms with Gasteiger partial charge in [0.05, 0.1) is 11.1 Å². The molecule has 2 heterocycles. The van der Waals surface area contributed by atoms with Crippen LogP contribution < -0.4 is 20.1 Å². The van der Waals surface area contributed by atoms with Crippen LogP contribution in [0.25, 0.3) is 11.3 Å². The molecule has 0 saturated heterocycles. The number of benzene rings is 2. The topological polar surface area (TPSA) is 92.8 Å². The highest BCUT2D eigenvalue weighted by molar-refractivity contribution is 6.01. The van der Waals surface area contributed by atoms with Gasteiger partial charge >= 0.3 is 0 Å². The molecule has 0 atom stereocenters. The number of anilines is 1. The third-order valence-electron chi connectivity index (χ3n) is 6.39. The van der Waals surface area contributed by atoms with E-state index in [-0.39, 0.29) is 21.5 Å². The summed E-state index contributed by atoms with van der Waals surface area (Å²) in [6, 6.07) is 18.5. The Morgan fingerprint density at radius 1 is 1.03 bits per heavy atom. The van der Waals surface area contributed by atoms with Gasteiger partial charge in [-0.2, -0.15) is 0 Å². The van der Waals surface area contributed by atoms with Gasteiger partial charge in [-0.25, -0.2) is 4.98 Å². The largest absolute Gasteiger partial charge is 0.454 e. The monoisotopic (exact) mass is 476 g/mol. The van der Waals surface area contributed by atoms with Crippen LogP contribution in [0.5, 0.6) is 11.5 Å². The number of amides is 2. The molecular formula is C27H32N4O4. The Morgan fingerprint density at radius 2 is 1.80 bits per heavy atom. The minimum atomic E-state index is -0.569. The van der Waals surface area contributed by atoms with E-state index in [9.17, 15) is 9.59 Å². The Balaban J connectivity index is 0.00000190. The normalized spacial score (nSPS) is 15.1. The number of carbonyl (C=O) groups is 2. The summed E-state index contributed by atoms with van der Waals surface area (Å²) in [5, 5.41) is 5.90. The van der Waals surface area contributed by atoms with Crippen molar-refractivity contribution in [3.63, 3.8) is 0 Å².